The number of rotatable bonds is 2. The summed E-state index contributed by atoms with van der Waals surface area (Å²) < 4.78 is 0. The molecule has 2 heterocycles. The van der Waals surface area contributed by atoms with Gasteiger partial charge in [0.15, 0.2) is 0 Å². The Balaban J connectivity index is 2.39. The van der Waals surface area contributed by atoms with Crippen molar-refractivity contribution in [2.75, 3.05) is 0 Å². The highest BCUT2D eigenvalue weighted by Gasteiger charge is 2.18. The molecule has 0 saturated carbocycles. The first kappa shape index (κ1) is 7.27. The maximum Gasteiger partial charge on any atom is 0.453 e. The van der Waals surface area contributed by atoms with Crippen molar-refractivity contribution in [1.82, 2.24) is 35.8 Å². The number of tetrazole rings is 1. The van der Waals surface area contributed by atoms with Crippen LogP contribution in [0.3, 0.4) is 0 Å². The van der Waals surface area contributed by atoms with Crippen molar-refractivity contribution in [2.45, 2.75) is 0 Å². The summed E-state index contributed by atoms with van der Waals surface area (Å²) in [5.74, 6) is -0.329. The molecule has 0 unspecified atom stereocenters. The fraction of sp³-hybridized carbons (Fsp3) is 0. The van der Waals surface area contributed by atoms with Gasteiger partial charge in [-0.05, 0) is 15.1 Å². The Bertz CT molecular complexity index is 416. The molecular weight excluding hydrogens is 180 g/mol. The van der Waals surface area contributed by atoms with E-state index >= 15 is 0 Å². The van der Waals surface area contributed by atoms with Gasteiger partial charge < -0.3 is 10.1 Å². The van der Waals surface area contributed by atoms with Gasteiger partial charge in [-0.1, -0.05) is 5.10 Å². The van der Waals surface area contributed by atoms with Crippen molar-refractivity contribution < 1.29 is 4.92 Å². The van der Waals surface area contributed by atoms with Crippen LogP contribution in [0.1, 0.15) is 0 Å². The smallest absolute Gasteiger partial charge is 0.390 e. The van der Waals surface area contributed by atoms with E-state index in [2.05, 4.69) is 35.8 Å². The molecule has 2 aromatic heterocycles. The molecule has 0 fully saturated rings. The zero-order valence-electron chi connectivity index (χ0n) is 6.00. The molecule has 10 heteroatoms. The zero-order valence-corrected chi connectivity index (χ0v) is 6.00. The van der Waals surface area contributed by atoms with Crippen LogP contribution in [-0.2, 0) is 0 Å². The summed E-state index contributed by atoms with van der Waals surface area (Å²) in [4.78, 5) is 13.0. The molecular formula is C3H2N8O2. The quantitative estimate of drug-likeness (QED) is 0.443. The number of nitrogens with zero attached hydrogens (tertiary/aromatic N) is 6. The Morgan fingerprint density at radius 1 is 1.31 bits per heavy atom. The number of nitrogens with one attached hydrogen (secondary N) is 2. The molecule has 0 aliphatic rings. The Labute approximate surface area is 69.5 Å². The van der Waals surface area contributed by atoms with Crippen LogP contribution in [0, 0.1) is 10.1 Å². The molecule has 0 spiro atoms. The van der Waals surface area contributed by atoms with Gasteiger partial charge >= 0.3 is 11.8 Å². The molecule has 0 aliphatic heterocycles. The van der Waals surface area contributed by atoms with Gasteiger partial charge in [0, 0.05) is 0 Å². The second-order valence-electron chi connectivity index (χ2n) is 1.98. The largest absolute Gasteiger partial charge is 0.453 e. The number of hydrogen-bond acceptors (Lipinski definition) is 7. The maximum atomic E-state index is 10.2. The van der Waals surface area contributed by atoms with Gasteiger partial charge in [-0.25, -0.2) is 0 Å². The van der Waals surface area contributed by atoms with Crippen molar-refractivity contribution in [1.29, 1.82) is 0 Å². The van der Waals surface area contributed by atoms with E-state index in [9.17, 15) is 10.1 Å². The molecule has 13 heavy (non-hydrogen) atoms. The molecule has 0 saturated heterocycles. The normalized spacial score (nSPS) is 10.2. The monoisotopic (exact) mass is 182 g/mol. The maximum absolute atomic E-state index is 10.2. The second-order valence-corrected chi connectivity index (χ2v) is 1.98. The summed E-state index contributed by atoms with van der Waals surface area (Å²) in [6.45, 7) is 0. The highest BCUT2D eigenvalue weighted by molar-refractivity contribution is 5.40. The van der Waals surface area contributed by atoms with Crippen LogP contribution in [0.2, 0.25) is 0 Å². The molecule has 0 atom stereocenters. The van der Waals surface area contributed by atoms with Crippen molar-refractivity contribution in [3.63, 3.8) is 0 Å². The average Bonchev–Trinajstić information content (AvgIpc) is 2.75. The van der Waals surface area contributed by atoms with Crippen molar-refractivity contribution >= 4 is 5.95 Å². The topological polar surface area (TPSA) is 139 Å². The van der Waals surface area contributed by atoms with E-state index in [1.54, 1.807) is 0 Å². The lowest BCUT2D eigenvalue weighted by Gasteiger charge is -1.83. The standard InChI is InChI=1S/C3H2N8O2/c12-11(13)3-4-1(5-8-3)2-6-9-10-7-2/h(H,4,5,8)(H,6,7,9,10). The minimum absolute atomic E-state index is 0.0282. The third-order valence-electron chi connectivity index (χ3n) is 1.19. The lowest BCUT2D eigenvalue weighted by atomic mass is 10.6. The summed E-state index contributed by atoms with van der Waals surface area (Å²) in [5.41, 5.74) is 0. The van der Waals surface area contributed by atoms with Crippen molar-refractivity contribution in [2.24, 2.45) is 0 Å². The lowest BCUT2D eigenvalue weighted by molar-refractivity contribution is -0.394. The molecule has 10 nitrogen and oxygen atoms in total. The summed E-state index contributed by atoms with van der Waals surface area (Å²) in [6.07, 6.45) is 0. The van der Waals surface area contributed by atoms with Crippen LogP contribution < -0.4 is 0 Å². The van der Waals surface area contributed by atoms with E-state index in [1.165, 1.54) is 0 Å². The first-order chi connectivity index (χ1) is 6.27. The second kappa shape index (κ2) is 2.58. The summed E-state index contributed by atoms with van der Waals surface area (Å²) in [5, 5.41) is 28.3. The Hall–Kier alpha value is -2.39. The van der Waals surface area contributed by atoms with E-state index in [-0.39, 0.29) is 11.6 Å². The SMILES string of the molecule is O=[N+]([O-])c1nc(-c2nn[nH]n2)n[nH]1. The van der Waals surface area contributed by atoms with Crippen molar-refractivity contribution in [3.8, 4) is 11.6 Å². The third-order valence-corrected chi connectivity index (χ3v) is 1.19. The Kier molecular flexibility index (Phi) is 1.44. The van der Waals surface area contributed by atoms with Crippen LogP contribution in [0.5, 0.6) is 0 Å². The van der Waals surface area contributed by atoms with Gasteiger partial charge in [0.05, 0.1) is 0 Å². The van der Waals surface area contributed by atoms with Crippen LogP contribution in [0.15, 0.2) is 0 Å². The fourth-order valence-electron chi connectivity index (χ4n) is 0.691. The van der Waals surface area contributed by atoms with E-state index in [0.29, 0.717) is 0 Å². The summed E-state index contributed by atoms with van der Waals surface area (Å²) in [7, 11) is 0. The average molecular weight is 182 g/mol. The zero-order chi connectivity index (χ0) is 9.26. The number of hydrogen-bond donors (Lipinski definition) is 2. The highest BCUT2D eigenvalue weighted by Crippen LogP contribution is 2.09. The van der Waals surface area contributed by atoms with E-state index in [4.69, 9.17) is 0 Å². The van der Waals surface area contributed by atoms with Crippen LogP contribution in [0.25, 0.3) is 11.6 Å². The van der Waals surface area contributed by atoms with E-state index < -0.39 is 10.9 Å². The Morgan fingerprint density at radius 3 is 2.69 bits per heavy atom. The van der Waals surface area contributed by atoms with E-state index in [1.807, 2.05) is 0 Å². The summed E-state index contributed by atoms with van der Waals surface area (Å²) >= 11 is 0. The molecule has 2 aromatic rings. The number of nitro groups is 1. The fourth-order valence-corrected chi connectivity index (χ4v) is 0.691. The third kappa shape index (κ3) is 1.19. The lowest BCUT2D eigenvalue weighted by Crippen LogP contribution is -1.89. The highest BCUT2D eigenvalue weighted by atomic mass is 16.6. The van der Waals surface area contributed by atoms with Gasteiger partial charge in [0.2, 0.25) is 0 Å². The van der Waals surface area contributed by atoms with Crippen LogP contribution in [-0.4, -0.2) is 40.7 Å². The predicted molar refractivity (Wildman–Crippen MR) is 36.2 cm³/mol. The molecule has 2 rings (SSSR count). The number of aromatic nitrogens is 7. The van der Waals surface area contributed by atoms with Gasteiger partial charge in [-0.2, -0.15) is 5.21 Å². The minimum Gasteiger partial charge on any atom is -0.390 e. The predicted octanol–water partition coefficient (Wildman–Crippen LogP) is -1.11. The first-order valence-electron chi connectivity index (χ1n) is 3.08. The minimum atomic E-state index is -0.698. The summed E-state index contributed by atoms with van der Waals surface area (Å²) in [6, 6.07) is 0. The van der Waals surface area contributed by atoms with Gasteiger partial charge in [0.1, 0.15) is 0 Å². The molecule has 0 amide bonds. The van der Waals surface area contributed by atoms with Gasteiger partial charge in [-0.3, -0.25) is 0 Å². The van der Waals surface area contributed by atoms with Gasteiger partial charge in [0.25, 0.3) is 5.82 Å². The van der Waals surface area contributed by atoms with Crippen LogP contribution in [0.4, 0.5) is 5.95 Å². The molecule has 0 aliphatic carbocycles. The van der Waals surface area contributed by atoms with E-state index in [0.717, 1.165) is 0 Å². The van der Waals surface area contributed by atoms with Crippen molar-refractivity contribution in [3.05, 3.63) is 10.1 Å². The van der Waals surface area contributed by atoms with Crippen LogP contribution >= 0.6 is 0 Å². The molecule has 0 aromatic carbocycles. The molecule has 0 radical (unpaired) electrons. The number of aromatic amines is 2. The first-order valence-corrected chi connectivity index (χ1v) is 3.08. The molecule has 2 N–H and O–H groups in total. The Morgan fingerprint density at radius 2 is 2.15 bits per heavy atom. The molecule has 0 bridgehead atoms. The molecule has 66 valence electrons. The number of H-pyrrole nitrogens is 2. The van der Waals surface area contributed by atoms with Gasteiger partial charge in [-0.15, -0.1) is 15.3 Å².